The molecule has 0 saturated heterocycles. The summed E-state index contributed by atoms with van der Waals surface area (Å²) in [6.45, 7) is 6.09. The first-order valence-electron chi connectivity index (χ1n) is 8.87. The predicted octanol–water partition coefficient (Wildman–Crippen LogP) is 4.47. The monoisotopic (exact) mass is 343 g/mol. The lowest BCUT2D eigenvalue weighted by Gasteiger charge is -2.30. The van der Waals surface area contributed by atoms with Crippen LogP contribution in [0.3, 0.4) is 0 Å². The smallest absolute Gasteiger partial charge is 0.268 e. The molecule has 1 saturated carbocycles. The third-order valence-corrected chi connectivity index (χ3v) is 5.91. The van der Waals surface area contributed by atoms with Gasteiger partial charge in [-0.25, -0.2) is 0 Å². The van der Waals surface area contributed by atoms with Crippen LogP contribution in [0, 0.1) is 13.8 Å². The Morgan fingerprint density at radius 1 is 1.08 bits per heavy atom. The number of carbonyl (C=O) groups excluding carboxylic acids is 2. The van der Waals surface area contributed by atoms with Gasteiger partial charge in [0.25, 0.3) is 11.8 Å². The van der Waals surface area contributed by atoms with E-state index < -0.39 is 0 Å². The van der Waals surface area contributed by atoms with Crippen LogP contribution in [0.2, 0.25) is 0 Å². The minimum Gasteiger partial charge on any atom is -0.271 e. The quantitative estimate of drug-likeness (QED) is 0.757. The summed E-state index contributed by atoms with van der Waals surface area (Å²) in [5.41, 5.74) is 3.76. The molecule has 0 unspecified atom stereocenters. The predicted molar refractivity (Wildman–Crippen MR) is 99.7 cm³/mol. The summed E-state index contributed by atoms with van der Waals surface area (Å²) in [5.74, 6) is 0.630. The molecule has 0 bridgehead atoms. The molecule has 1 aliphatic heterocycles. The van der Waals surface area contributed by atoms with E-state index in [1.807, 2.05) is 32.9 Å². The number of amides is 2. The van der Waals surface area contributed by atoms with E-state index in [-0.39, 0.29) is 17.9 Å². The summed E-state index contributed by atoms with van der Waals surface area (Å²) in [7, 11) is 0. The molecule has 3 rings (SSSR count). The van der Waals surface area contributed by atoms with E-state index in [0.717, 1.165) is 42.6 Å². The van der Waals surface area contributed by atoms with Gasteiger partial charge in [-0.2, -0.15) is 0 Å². The van der Waals surface area contributed by atoms with Gasteiger partial charge in [0, 0.05) is 6.04 Å². The van der Waals surface area contributed by atoms with Gasteiger partial charge in [-0.05, 0) is 43.6 Å². The Morgan fingerprint density at radius 3 is 2.42 bits per heavy atom. The first-order valence-corrected chi connectivity index (χ1v) is 9.85. The van der Waals surface area contributed by atoms with E-state index in [0.29, 0.717) is 10.5 Å². The van der Waals surface area contributed by atoms with E-state index in [2.05, 4.69) is 6.07 Å². The number of benzene rings is 1. The molecule has 24 heavy (non-hydrogen) atoms. The van der Waals surface area contributed by atoms with E-state index in [4.69, 9.17) is 0 Å². The molecule has 2 amide bonds. The van der Waals surface area contributed by atoms with Crippen molar-refractivity contribution in [1.29, 1.82) is 0 Å². The molecule has 2 aliphatic rings. The Hall–Kier alpha value is -1.55. The van der Waals surface area contributed by atoms with Crippen LogP contribution in [-0.2, 0) is 9.59 Å². The van der Waals surface area contributed by atoms with Crippen LogP contribution in [0.15, 0.2) is 23.1 Å². The molecule has 1 fully saturated rings. The van der Waals surface area contributed by atoms with Crippen molar-refractivity contribution < 1.29 is 9.59 Å². The number of thioether (sulfide) groups is 1. The van der Waals surface area contributed by atoms with Crippen molar-refractivity contribution in [3.63, 3.8) is 0 Å². The lowest BCUT2D eigenvalue weighted by atomic mass is 9.94. The van der Waals surface area contributed by atoms with Crippen LogP contribution in [0.5, 0.6) is 0 Å². The summed E-state index contributed by atoms with van der Waals surface area (Å²) in [6.07, 6.45) is 5.32. The molecular formula is C20H25NO2S. The van der Waals surface area contributed by atoms with Gasteiger partial charge in [-0.15, -0.1) is 11.8 Å². The Morgan fingerprint density at radius 2 is 1.79 bits per heavy atom. The standard InChI is InChI=1S/C20H25NO2S/c1-4-24-18-17(16-11-10-13(2)12-14(16)3)19(22)21(20(18)23)15-8-6-5-7-9-15/h10-12,15H,4-9H2,1-3H3. The van der Waals surface area contributed by atoms with Crippen LogP contribution in [0.4, 0.5) is 0 Å². The first-order chi connectivity index (χ1) is 11.5. The highest BCUT2D eigenvalue weighted by molar-refractivity contribution is 8.04. The van der Waals surface area contributed by atoms with E-state index in [9.17, 15) is 9.59 Å². The molecule has 3 nitrogen and oxygen atoms in total. The number of carbonyl (C=O) groups is 2. The zero-order valence-electron chi connectivity index (χ0n) is 14.7. The number of hydrogen-bond acceptors (Lipinski definition) is 3. The van der Waals surface area contributed by atoms with Crippen LogP contribution in [0.1, 0.15) is 55.7 Å². The Balaban J connectivity index is 2.03. The second kappa shape index (κ2) is 7.14. The average molecular weight is 343 g/mol. The molecule has 4 heteroatoms. The number of nitrogens with zero attached hydrogens (tertiary/aromatic N) is 1. The molecule has 0 aromatic heterocycles. The van der Waals surface area contributed by atoms with E-state index >= 15 is 0 Å². The highest BCUT2D eigenvalue weighted by Crippen LogP contribution is 2.40. The number of imide groups is 1. The SMILES string of the molecule is CCSC1=C(c2ccc(C)cc2C)C(=O)N(C2CCCCC2)C1=O. The fourth-order valence-corrected chi connectivity index (χ4v) is 4.66. The molecule has 1 heterocycles. The summed E-state index contributed by atoms with van der Waals surface area (Å²) in [4.78, 5) is 28.4. The number of hydrogen-bond donors (Lipinski definition) is 0. The Labute approximate surface area is 148 Å². The van der Waals surface area contributed by atoms with Crippen molar-refractivity contribution in [2.24, 2.45) is 0 Å². The average Bonchev–Trinajstić information content (AvgIpc) is 2.80. The lowest BCUT2D eigenvalue weighted by molar-refractivity contribution is -0.139. The van der Waals surface area contributed by atoms with E-state index in [1.165, 1.54) is 23.7 Å². The maximum Gasteiger partial charge on any atom is 0.268 e. The molecule has 1 aliphatic carbocycles. The second-order valence-electron chi connectivity index (χ2n) is 6.73. The van der Waals surface area contributed by atoms with Crippen molar-refractivity contribution >= 4 is 29.1 Å². The lowest BCUT2D eigenvalue weighted by Crippen LogP contribution is -2.42. The topological polar surface area (TPSA) is 37.4 Å². The van der Waals surface area contributed by atoms with Gasteiger partial charge in [0.2, 0.25) is 0 Å². The van der Waals surface area contributed by atoms with Crippen molar-refractivity contribution in [2.75, 3.05) is 5.75 Å². The van der Waals surface area contributed by atoms with Crippen LogP contribution in [-0.4, -0.2) is 28.5 Å². The van der Waals surface area contributed by atoms with Crippen molar-refractivity contribution in [3.05, 3.63) is 39.8 Å². The maximum absolute atomic E-state index is 13.2. The summed E-state index contributed by atoms with van der Waals surface area (Å²) in [6, 6.07) is 6.17. The van der Waals surface area contributed by atoms with Gasteiger partial charge >= 0.3 is 0 Å². The molecule has 1 aromatic rings. The Bertz CT molecular complexity index is 702. The fraction of sp³-hybridized carbons (Fsp3) is 0.500. The third kappa shape index (κ3) is 3.04. The summed E-state index contributed by atoms with van der Waals surface area (Å²) >= 11 is 1.50. The summed E-state index contributed by atoms with van der Waals surface area (Å²) < 4.78 is 0. The van der Waals surface area contributed by atoms with E-state index in [1.54, 1.807) is 4.90 Å². The molecule has 0 spiro atoms. The highest BCUT2D eigenvalue weighted by Gasteiger charge is 2.43. The van der Waals surface area contributed by atoms with Gasteiger partial charge in [0.05, 0.1) is 10.5 Å². The van der Waals surface area contributed by atoms with Crippen LogP contribution in [0.25, 0.3) is 5.57 Å². The zero-order valence-corrected chi connectivity index (χ0v) is 15.5. The van der Waals surface area contributed by atoms with Gasteiger partial charge in [0.1, 0.15) is 0 Å². The molecule has 0 atom stereocenters. The minimum absolute atomic E-state index is 0.0753. The third-order valence-electron chi connectivity index (χ3n) is 4.95. The molecule has 128 valence electrons. The normalized spacial score (nSPS) is 19.5. The number of rotatable bonds is 4. The second-order valence-corrected chi connectivity index (χ2v) is 8.00. The molecular weight excluding hydrogens is 318 g/mol. The minimum atomic E-state index is -0.0881. The fourth-order valence-electron chi connectivity index (χ4n) is 3.81. The van der Waals surface area contributed by atoms with Crippen LogP contribution < -0.4 is 0 Å². The van der Waals surface area contributed by atoms with Gasteiger partial charge in [0.15, 0.2) is 0 Å². The molecule has 1 aromatic carbocycles. The maximum atomic E-state index is 13.2. The highest BCUT2D eigenvalue weighted by atomic mass is 32.2. The van der Waals surface area contributed by atoms with Crippen molar-refractivity contribution in [1.82, 2.24) is 4.90 Å². The van der Waals surface area contributed by atoms with Gasteiger partial charge < -0.3 is 0 Å². The van der Waals surface area contributed by atoms with Crippen molar-refractivity contribution in [3.8, 4) is 0 Å². The largest absolute Gasteiger partial charge is 0.271 e. The number of aryl methyl sites for hydroxylation is 2. The Kier molecular flexibility index (Phi) is 5.14. The van der Waals surface area contributed by atoms with Crippen LogP contribution >= 0.6 is 11.8 Å². The molecule has 0 radical (unpaired) electrons. The molecule has 0 N–H and O–H groups in total. The van der Waals surface area contributed by atoms with Gasteiger partial charge in [-0.1, -0.05) is 49.9 Å². The summed E-state index contributed by atoms with van der Waals surface area (Å²) in [5, 5.41) is 0. The zero-order chi connectivity index (χ0) is 17.3. The van der Waals surface area contributed by atoms with Crippen molar-refractivity contribution in [2.45, 2.75) is 58.9 Å². The van der Waals surface area contributed by atoms with Gasteiger partial charge in [-0.3, -0.25) is 14.5 Å². The first kappa shape index (κ1) is 17.3.